The van der Waals surface area contributed by atoms with E-state index in [2.05, 4.69) is 0 Å². The Balaban J connectivity index is 2.92. The van der Waals surface area contributed by atoms with Crippen LogP contribution in [0.4, 0.5) is 0 Å². The minimum atomic E-state index is -0.513. The van der Waals surface area contributed by atoms with E-state index in [1.807, 2.05) is 0 Å². The van der Waals surface area contributed by atoms with E-state index < -0.39 is 6.10 Å². The van der Waals surface area contributed by atoms with E-state index in [1.165, 1.54) is 0 Å². The molecule has 0 aliphatic carbocycles. The third kappa shape index (κ3) is 2.37. The third-order valence-corrected chi connectivity index (χ3v) is 2.24. The van der Waals surface area contributed by atoms with Crippen molar-refractivity contribution in [2.75, 3.05) is 0 Å². The quantitative estimate of drug-likeness (QED) is 0.785. The molecule has 1 unspecified atom stereocenters. The van der Waals surface area contributed by atoms with Gasteiger partial charge in [-0.25, -0.2) is 0 Å². The minimum Gasteiger partial charge on any atom is -0.393 e. The molecule has 1 aromatic carbocycles. The highest BCUT2D eigenvalue weighted by Crippen LogP contribution is 2.26. The molecule has 0 aromatic heterocycles. The van der Waals surface area contributed by atoms with Crippen LogP contribution in [0.25, 0.3) is 0 Å². The van der Waals surface area contributed by atoms with E-state index in [0.29, 0.717) is 10.0 Å². The highest BCUT2D eigenvalue weighted by Gasteiger charge is 2.06. The number of hydrogen-bond donors (Lipinski definition) is 1. The van der Waals surface area contributed by atoms with E-state index in [9.17, 15) is 0 Å². The number of benzene rings is 1. The number of aliphatic hydroxyl groups excluding tert-OH is 1. The van der Waals surface area contributed by atoms with E-state index in [1.54, 1.807) is 31.5 Å². The van der Waals surface area contributed by atoms with Crippen molar-refractivity contribution < 1.29 is 5.11 Å². The average Bonchev–Trinajstić information content (AvgIpc) is 1.98. The standard InChI is InChI=1S/C9H9Cl2O/c1-6(12)5-7-3-2-4-8(10)9(7)11/h2-6,12H,1H3. The van der Waals surface area contributed by atoms with Crippen molar-refractivity contribution in [1.82, 2.24) is 0 Å². The maximum atomic E-state index is 9.06. The number of rotatable bonds is 2. The van der Waals surface area contributed by atoms with Crippen LogP contribution in [-0.2, 0) is 0 Å². The van der Waals surface area contributed by atoms with Gasteiger partial charge >= 0.3 is 0 Å². The lowest BCUT2D eigenvalue weighted by Crippen LogP contribution is -2.01. The van der Waals surface area contributed by atoms with Crippen molar-refractivity contribution >= 4 is 23.2 Å². The first kappa shape index (κ1) is 9.85. The van der Waals surface area contributed by atoms with E-state index >= 15 is 0 Å². The molecule has 0 spiro atoms. The molecule has 1 atom stereocenters. The van der Waals surface area contributed by atoms with Gasteiger partial charge in [-0.05, 0) is 18.6 Å². The van der Waals surface area contributed by atoms with Gasteiger partial charge in [0.15, 0.2) is 0 Å². The second kappa shape index (κ2) is 4.13. The predicted octanol–water partition coefficient (Wildman–Crippen LogP) is 2.93. The molecule has 0 saturated carbocycles. The van der Waals surface area contributed by atoms with Gasteiger partial charge in [-0.15, -0.1) is 0 Å². The van der Waals surface area contributed by atoms with Crippen molar-refractivity contribution in [2.24, 2.45) is 0 Å². The van der Waals surface area contributed by atoms with E-state index in [0.717, 1.165) is 5.56 Å². The van der Waals surface area contributed by atoms with Crippen molar-refractivity contribution in [1.29, 1.82) is 0 Å². The van der Waals surface area contributed by atoms with Gasteiger partial charge in [0, 0.05) is 6.42 Å². The SMILES string of the molecule is CC(O)[CH]c1cccc(Cl)c1Cl. The van der Waals surface area contributed by atoms with Gasteiger partial charge in [0.1, 0.15) is 0 Å². The molecule has 1 N–H and O–H groups in total. The second-order valence-corrected chi connectivity index (χ2v) is 3.34. The van der Waals surface area contributed by atoms with Crippen molar-refractivity contribution in [3.63, 3.8) is 0 Å². The summed E-state index contributed by atoms with van der Waals surface area (Å²) in [5.74, 6) is 0. The van der Waals surface area contributed by atoms with Gasteiger partial charge in [0.25, 0.3) is 0 Å². The van der Waals surface area contributed by atoms with Crippen LogP contribution >= 0.6 is 23.2 Å². The van der Waals surface area contributed by atoms with Crippen molar-refractivity contribution in [3.05, 3.63) is 40.2 Å². The molecular formula is C9H9Cl2O. The Hall–Kier alpha value is -0.240. The number of hydrogen-bond acceptors (Lipinski definition) is 1. The first-order valence-corrected chi connectivity index (χ1v) is 4.34. The summed E-state index contributed by atoms with van der Waals surface area (Å²) < 4.78 is 0. The van der Waals surface area contributed by atoms with Crippen LogP contribution < -0.4 is 0 Å². The zero-order valence-electron chi connectivity index (χ0n) is 6.59. The summed E-state index contributed by atoms with van der Waals surface area (Å²) in [6.07, 6.45) is 1.13. The molecule has 65 valence electrons. The zero-order chi connectivity index (χ0) is 9.14. The molecule has 1 radical (unpaired) electrons. The predicted molar refractivity (Wildman–Crippen MR) is 51.5 cm³/mol. The van der Waals surface area contributed by atoms with Crippen LogP contribution in [0.15, 0.2) is 18.2 Å². The Kier molecular flexibility index (Phi) is 3.39. The number of aliphatic hydroxyl groups is 1. The summed E-state index contributed by atoms with van der Waals surface area (Å²) >= 11 is 11.6. The second-order valence-electron chi connectivity index (χ2n) is 2.55. The molecule has 0 bridgehead atoms. The summed E-state index contributed by atoms with van der Waals surface area (Å²) in [6, 6.07) is 5.31. The maximum absolute atomic E-state index is 9.06. The van der Waals surface area contributed by atoms with Gasteiger partial charge in [-0.1, -0.05) is 35.3 Å². The van der Waals surface area contributed by atoms with Gasteiger partial charge in [0.2, 0.25) is 0 Å². The Morgan fingerprint density at radius 2 is 2.08 bits per heavy atom. The number of halogens is 2. The van der Waals surface area contributed by atoms with Crippen LogP contribution in [0.2, 0.25) is 10.0 Å². The molecule has 0 heterocycles. The lowest BCUT2D eigenvalue weighted by Gasteiger charge is -2.06. The van der Waals surface area contributed by atoms with Crippen molar-refractivity contribution in [3.8, 4) is 0 Å². The first-order valence-electron chi connectivity index (χ1n) is 3.58. The molecule has 12 heavy (non-hydrogen) atoms. The fraction of sp³-hybridized carbons (Fsp3) is 0.222. The fourth-order valence-corrected chi connectivity index (χ4v) is 1.28. The molecule has 0 amide bonds. The summed E-state index contributed by atoms with van der Waals surface area (Å²) in [7, 11) is 0. The molecule has 0 aliphatic heterocycles. The van der Waals surface area contributed by atoms with Gasteiger partial charge in [0.05, 0.1) is 16.1 Å². The first-order chi connectivity index (χ1) is 5.61. The molecule has 3 heteroatoms. The molecule has 0 aliphatic rings. The van der Waals surface area contributed by atoms with Crippen LogP contribution in [0, 0.1) is 6.42 Å². The largest absolute Gasteiger partial charge is 0.393 e. The van der Waals surface area contributed by atoms with Gasteiger partial charge < -0.3 is 5.11 Å². The Morgan fingerprint density at radius 1 is 1.42 bits per heavy atom. The van der Waals surface area contributed by atoms with Gasteiger partial charge in [-0.3, -0.25) is 0 Å². The summed E-state index contributed by atoms with van der Waals surface area (Å²) in [5.41, 5.74) is 0.763. The molecule has 1 nitrogen and oxygen atoms in total. The van der Waals surface area contributed by atoms with E-state index in [-0.39, 0.29) is 0 Å². The smallest absolute Gasteiger partial charge is 0.0628 e. The fourth-order valence-electron chi connectivity index (χ4n) is 0.909. The third-order valence-electron chi connectivity index (χ3n) is 1.40. The Labute approximate surface area is 81.9 Å². The Morgan fingerprint density at radius 3 is 2.67 bits per heavy atom. The normalized spacial score (nSPS) is 13.0. The van der Waals surface area contributed by atoms with Crippen molar-refractivity contribution in [2.45, 2.75) is 13.0 Å². The molecule has 0 saturated heterocycles. The zero-order valence-corrected chi connectivity index (χ0v) is 8.10. The summed E-state index contributed by atoms with van der Waals surface area (Å²) in [5, 5.41) is 10.1. The van der Waals surface area contributed by atoms with Crippen LogP contribution in [0.3, 0.4) is 0 Å². The summed E-state index contributed by atoms with van der Waals surface area (Å²) in [6.45, 7) is 1.66. The molecular weight excluding hydrogens is 195 g/mol. The van der Waals surface area contributed by atoms with Crippen LogP contribution in [0.5, 0.6) is 0 Å². The maximum Gasteiger partial charge on any atom is 0.0628 e. The Bertz CT molecular complexity index is 271. The topological polar surface area (TPSA) is 20.2 Å². The van der Waals surface area contributed by atoms with Crippen LogP contribution in [-0.4, -0.2) is 11.2 Å². The molecule has 1 rings (SSSR count). The van der Waals surface area contributed by atoms with E-state index in [4.69, 9.17) is 28.3 Å². The lowest BCUT2D eigenvalue weighted by molar-refractivity contribution is 0.231. The lowest BCUT2D eigenvalue weighted by atomic mass is 10.1. The molecule has 0 fully saturated rings. The van der Waals surface area contributed by atoms with Gasteiger partial charge in [-0.2, -0.15) is 0 Å². The molecule has 1 aromatic rings. The average molecular weight is 204 g/mol. The highest BCUT2D eigenvalue weighted by molar-refractivity contribution is 6.42. The minimum absolute atomic E-state index is 0.486. The summed E-state index contributed by atoms with van der Waals surface area (Å²) in [4.78, 5) is 0. The monoisotopic (exact) mass is 203 g/mol. The highest BCUT2D eigenvalue weighted by atomic mass is 35.5. The van der Waals surface area contributed by atoms with Crippen LogP contribution in [0.1, 0.15) is 12.5 Å².